The van der Waals surface area contributed by atoms with Crippen molar-refractivity contribution in [3.63, 3.8) is 0 Å². The van der Waals surface area contributed by atoms with Crippen LogP contribution in [-0.2, 0) is 11.3 Å². The fraction of sp³-hybridized carbons (Fsp3) is 0.533. The molecule has 0 N–H and O–H groups in total. The molecule has 19 heavy (non-hydrogen) atoms. The second-order valence-corrected chi connectivity index (χ2v) is 5.02. The topological polar surface area (TPSA) is 38.8 Å². The molecule has 0 bridgehead atoms. The molecule has 1 aliphatic rings. The summed E-state index contributed by atoms with van der Waals surface area (Å²) in [5.41, 5.74) is 1.18. The van der Waals surface area contributed by atoms with Crippen LogP contribution in [0.4, 0.5) is 0 Å². The largest absolute Gasteiger partial charge is 0.493 e. The molecule has 1 atom stereocenters. The lowest BCUT2D eigenvalue weighted by atomic mass is 10.1. The minimum absolute atomic E-state index is 0.208. The molecule has 0 amide bonds. The van der Waals surface area contributed by atoms with Gasteiger partial charge in [-0.05, 0) is 37.6 Å². The van der Waals surface area contributed by atoms with Crippen molar-refractivity contribution in [2.24, 2.45) is 5.92 Å². The summed E-state index contributed by atoms with van der Waals surface area (Å²) >= 11 is 0. The molecule has 0 radical (unpaired) electrons. The van der Waals surface area contributed by atoms with E-state index in [-0.39, 0.29) is 5.92 Å². The molecule has 0 saturated carbocycles. The van der Waals surface area contributed by atoms with Crippen LogP contribution in [0.15, 0.2) is 18.2 Å². The Morgan fingerprint density at radius 3 is 2.63 bits per heavy atom. The van der Waals surface area contributed by atoms with Crippen molar-refractivity contribution in [2.75, 3.05) is 27.3 Å². The lowest BCUT2D eigenvalue weighted by Gasteiger charge is -2.16. The Kier molecular flexibility index (Phi) is 4.43. The number of hydrogen-bond acceptors (Lipinski definition) is 4. The van der Waals surface area contributed by atoms with Crippen LogP contribution in [0.2, 0.25) is 0 Å². The highest BCUT2D eigenvalue weighted by molar-refractivity contribution is 5.78. The van der Waals surface area contributed by atoms with E-state index in [1.807, 2.05) is 18.2 Å². The lowest BCUT2D eigenvalue weighted by Crippen LogP contribution is -2.22. The van der Waals surface area contributed by atoms with Gasteiger partial charge in [0.2, 0.25) is 0 Å². The predicted molar refractivity (Wildman–Crippen MR) is 73.6 cm³/mol. The van der Waals surface area contributed by atoms with Crippen LogP contribution in [0, 0.1) is 5.92 Å². The number of rotatable bonds is 5. The molecule has 2 rings (SSSR count). The van der Waals surface area contributed by atoms with E-state index in [1.54, 1.807) is 21.1 Å². The molecule has 4 heteroatoms. The zero-order valence-corrected chi connectivity index (χ0v) is 11.8. The summed E-state index contributed by atoms with van der Waals surface area (Å²) < 4.78 is 10.5. The van der Waals surface area contributed by atoms with Crippen molar-refractivity contribution < 1.29 is 14.3 Å². The van der Waals surface area contributed by atoms with Gasteiger partial charge in [0, 0.05) is 19.0 Å². The number of carbonyl (C=O) groups is 1. The molecule has 1 saturated heterocycles. The van der Waals surface area contributed by atoms with Crippen molar-refractivity contribution in [2.45, 2.75) is 19.9 Å². The maximum atomic E-state index is 11.4. The number of methoxy groups -OCH3 is 2. The summed E-state index contributed by atoms with van der Waals surface area (Å²) in [7, 11) is 3.28. The molecule has 1 heterocycles. The van der Waals surface area contributed by atoms with E-state index < -0.39 is 0 Å². The first-order valence-electron chi connectivity index (χ1n) is 6.57. The second-order valence-electron chi connectivity index (χ2n) is 5.02. The number of nitrogens with zero attached hydrogens (tertiary/aromatic N) is 1. The summed E-state index contributed by atoms with van der Waals surface area (Å²) in [6, 6.07) is 5.97. The third-order valence-electron chi connectivity index (χ3n) is 3.70. The van der Waals surface area contributed by atoms with Crippen molar-refractivity contribution >= 4 is 5.78 Å². The molecule has 104 valence electrons. The summed E-state index contributed by atoms with van der Waals surface area (Å²) in [4.78, 5) is 13.7. The van der Waals surface area contributed by atoms with Crippen molar-refractivity contribution in [3.05, 3.63) is 23.8 Å². The molecule has 1 fully saturated rings. The highest BCUT2D eigenvalue weighted by Gasteiger charge is 2.25. The number of carbonyl (C=O) groups excluding carboxylic acids is 1. The fourth-order valence-corrected chi connectivity index (χ4v) is 2.55. The van der Waals surface area contributed by atoms with Gasteiger partial charge in [-0.2, -0.15) is 0 Å². The molecule has 1 aromatic rings. The first-order valence-corrected chi connectivity index (χ1v) is 6.57. The quantitative estimate of drug-likeness (QED) is 0.815. The molecule has 0 spiro atoms. The average Bonchev–Trinajstić information content (AvgIpc) is 2.87. The first-order chi connectivity index (χ1) is 9.13. The predicted octanol–water partition coefficient (Wildman–Crippen LogP) is 2.11. The Hall–Kier alpha value is -1.55. The number of ether oxygens (including phenoxy) is 2. The van der Waals surface area contributed by atoms with Crippen molar-refractivity contribution in [1.82, 2.24) is 4.90 Å². The van der Waals surface area contributed by atoms with E-state index in [9.17, 15) is 4.79 Å². The van der Waals surface area contributed by atoms with Gasteiger partial charge >= 0.3 is 0 Å². The number of benzene rings is 1. The van der Waals surface area contributed by atoms with Crippen LogP contribution in [-0.4, -0.2) is 38.0 Å². The maximum absolute atomic E-state index is 11.4. The van der Waals surface area contributed by atoms with Gasteiger partial charge in [-0.15, -0.1) is 0 Å². The van der Waals surface area contributed by atoms with Crippen molar-refractivity contribution in [3.8, 4) is 11.5 Å². The smallest absolute Gasteiger partial charge is 0.161 e. The Labute approximate surface area is 114 Å². The molecule has 1 aliphatic heterocycles. The van der Waals surface area contributed by atoms with Gasteiger partial charge in [-0.25, -0.2) is 0 Å². The fourth-order valence-electron chi connectivity index (χ4n) is 2.55. The van der Waals surface area contributed by atoms with Gasteiger partial charge < -0.3 is 9.47 Å². The minimum Gasteiger partial charge on any atom is -0.493 e. The molecule has 4 nitrogen and oxygen atoms in total. The molecular weight excluding hydrogens is 242 g/mol. The summed E-state index contributed by atoms with van der Waals surface area (Å²) in [5.74, 6) is 2.01. The van der Waals surface area contributed by atoms with Gasteiger partial charge in [0.15, 0.2) is 11.5 Å². The summed E-state index contributed by atoms with van der Waals surface area (Å²) in [5, 5.41) is 0. The van der Waals surface area contributed by atoms with E-state index in [2.05, 4.69) is 4.90 Å². The van der Waals surface area contributed by atoms with E-state index in [4.69, 9.17) is 9.47 Å². The second kappa shape index (κ2) is 6.06. The zero-order valence-electron chi connectivity index (χ0n) is 11.8. The molecule has 0 aromatic heterocycles. The minimum atomic E-state index is 0.208. The SMILES string of the molecule is COc1ccc(CN2CCC(C(C)=O)C2)cc1OC. The van der Waals surface area contributed by atoms with Crippen molar-refractivity contribution in [1.29, 1.82) is 0 Å². The monoisotopic (exact) mass is 263 g/mol. The van der Waals surface area contributed by atoms with Gasteiger partial charge in [0.05, 0.1) is 14.2 Å². The van der Waals surface area contributed by atoms with Crippen LogP contribution in [0.25, 0.3) is 0 Å². The molecule has 0 aliphatic carbocycles. The van der Waals surface area contributed by atoms with E-state index in [0.29, 0.717) is 5.78 Å². The Balaban J connectivity index is 2.02. The highest BCUT2D eigenvalue weighted by Crippen LogP contribution is 2.29. The van der Waals surface area contributed by atoms with Crippen LogP contribution in [0.1, 0.15) is 18.9 Å². The van der Waals surface area contributed by atoms with Crippen LogP contribution >= 0.6 is 0 Å². The lowest BCUT2D eigenvalue weighted by molar-refractivity contribution is -0.120. The van der Waals surface area contributed by atoms with E-state index in [0.717, 1.165) is 37.6 Å². The maximum Gasteiger partial charge on any atom is 0.161 e. The van der Waals surface area contributed by atoms with Gasteiger partial charge in [0.1, 0.15) is 5.78 Å². The Morgan fingerprint density at radius 2 is 2.05 bits per heavy atom. The Bertz CT molecular complexity index is 459. The average molecular weight is 263 g/mol. The zero-order chi connectivity index (χ0) is 13.8. The highest BCUT2D eigenvalue weighted by atomic mass is 16.5. The van der Waals surface area contributed by atoms with E-state index in [1.165, 1.54) is 5.56 Å². The van der Waals surface area contributed by atoms with Gasteiger partial charge in [0.25, 0.3) is 0 Å². The third-order valence-corrected chi connectivity index (χ3v) is 3.70. The molecular formula is C15H21NO3. The molecule has 1 aromatic carbocycles. The normalized spacial score (nSPS) is 19.4. The van der Waals surface area contributed by atoms with Crippen LogP contribution in [0.5, 0.6) is 11.5 Å². The number of ketones is 1. The van der Waals surface area contributed by atoms with Crippen LogP contribution < -0.4 is 9.47 Å². The number of Topliss-reactive ketones (excluding diaryl/α,β-unsaturated/α-hetero) is 1. The number of likely N-dealkylation sites (tertiary alicyclic amines) is 1. The summed E-state index contributed by atoms with van der Waals surface area (Å²) in [6.45, 7) is 4.39. The first kappa shape index (κ1) is 13.9. The van der Waals surface area contributed by atoms with Gasteiger partial charge in [-0.3, -0.25) is 9.69 Å². The summed E-state index contributed by atoms with van der Waals surface area (Å²) in [6.07, 6.45) is 0.975. The van der Waals surface area contributed by atoms with Gasteiger partial charge in [-0.1, -0.05) is 6.07 Å². The molecule has 1 unspecified atom stereocenters. The van der Waals surface area contributed by atoms with E-state index >= 15 is 0 Å². The number of hydrogen-bond donors (Lipinski definition) is 0. The standard InChI is InChI=1S/C15H21NO3/c1-11(17)13-6-7-16(10-13)9-12-4-5-14(18-2)15(8-12)19-3/h4-5,8,13H,6-7,9-10H2,1-3H3. The van der Waals surface area contributed by atoms with Crippen LogP contribution in [0.3, 0.4) is 0 Å². The third kappa shape index (κ3) is 3.26. The Morgan fingerprint density at radius 1 is 1.32 bits per heavy atom.